The Bertz CT molecular complexity index is 620. The lowest BCUT2D eigenvalue weighted by molar-refractivity contribution is -0.116. The van der Waals surface area contributed by atoms with Crippen molar-refractivity contribution in [3.63, 3.8) is 0 Å². The summed E-state index contributed by atoms with van der Waals surface area (Å²) in [5.74, 6) is 0.516. The fourth-order valence-corrected chi connectivity index (χ4v) is 2.16. The molecule has 1 aromatic heterocycles. The van der Waals surface area contributed by atoms with Crippen LogP contribution in [0.3, 0.4) is 0 Å². The highest BCUT2D eigenvalue weighted by Gasteiger charge is 2.05. The third-order valence-electron chi connectivity index (χ3n) is 3.04. The molecule has 0 saturated carbocycles. The number of carbonyl (C=O) groups excluding carboxylic acids is 1. The van der Waals surface area contributed by atoms with Crippen LogP contribution < -0.4 is 15.4 Å². The number of ether oxygens (including phenoxy) is 1. The molecule has 2 N–H and O–H groups in total. The van der Waals surface area contributed by atoms with Gasteiger partial charge in [0, 0.05) is 37.6 Å². The van der Waals surface area contributed by atoms with E-state index in [-0.39, 0.29) is 5.91 Å². The molecular weight excluding hydrogens is 302 g/mol. The van der Waals surface area contributed by atoms with E-state index < -0.39 is 0 Å². The number of nitrogens with zero attached hydrogens (tertiary/aromatic N) is 1. The molecule has 0 fully saturated rings. The van der Waals surface area contributed by atoms with Crippen LogP contribution in [0.4, 0.5) is 5.69 Å². The number of nitrogens with one attached hydrogen (secondary N) is 2. The van der Waals surface area contributed by atoms with Gasteiger partial charge in [0.15, 0.2) is 0 Å². The summed E-state index contributed by atoms with van der Waals surface area (Å²) < 4.78 is 5.07. The fourth-order valence-electron chi connectivity index (χ4n) is 1.90. The molecule has 116 valence electrons. The SMILES string of the molecule is COc1ccc(NC(=O)CCNCc2ccncc2)cc1Cl. The number of carbonyl (C=O) groups is 1. The number of rotatable bonds is 7. The standard InChI is InChI=1S/C16H18ClN3O2/c1-22-15-3-2-13(10-14(15)17)20-16(21)6-9-19-11-12-4-7-18-8-5-12/h2-5,7-8,10,19H,6,9,11H2,1H3,(H,20,21). The van der Waals surface area contributed by atoms with Crippen molar-refractivity contribution in [2.75, 3.05) is 19.0 Å². The number of aromatic nitrogens is 1. The molecule has 1 heterocycles. The molecule has 6 heteroatoms. The molecule has 0 atom stereocenters. The second-order valence-electron chi connectivity index (χ2n) is 4.68. The van der Waals surface area contributed by atoms with Crippen LogP contribution in [0.5, 0.6) is 5.75 Å². The van der Waals surface area contributed by atoms with Gasteiger partial charge in [0.2, 0.25) is 5.91 Å². The molecule has 0 aliphatic heterocycles. The van der Waals surface area contributed by atoms with Crippen LogP contribution in [0.2, 0.25) is 5.02 Å². The Morgan fingerprint density at radius 1 is 1.27 bits per heavy atom. The van der Waals surface area contributed by atoms with Gasteiger partial charge in [-0.1, -0.05) is 11.6 Å². The highest BCUT2D eigenvalue weighted by atomic mass is 35.5. The van der Waals surface area contributed by atoms with Crippen molar-refractivity contribution in [3.8, 4) is 5.75 Å². The predicted octanol–water partition coefficient (Wildman–Crippen LogP) is 2.86. The zero-order valence-corrected chi connectivity index (χ0v) is 13.1. The third kappa shape index (κ3) is 5.02. The van der Waals surface area contributed by atoms with Crippen LogP contribution in [0.25, 0.3) is 0 Å². The minimum Gasteiger partial charge on any atom is -0.495 e. The number of pyridine rings is 1. The summed E-state index contributed by atoms with van der Waals surface area (Å²) in [6.07, 6.45) is 3.88. The Morgan fingerprint density at radius 3 is 2.73 bits per heavy atom. The van der Waals surface area contributed by atoms with Gasteiger partial charge < -0.3 is 15.4 Å². The molecule has 1 amide bonds. The number of anilines is 1. The second-order valence-corrected chi connectivity index (χ2v) is 5.09. The number of amides is 1. The number of hydrogen-bond acceptors (Lipinski definition) is 4. The van der Waals surface area contributed by atoms with Gasteiger partial charge in [0.25, 0.3) is 0 Å². The molecule has 1 aromatic carbocycles. The van der Waals surface area contributed by atoms with Crippen molar-refractivity contribution >= 4 is 23.2 Å². The molecule has 0 spiro atoms. The quantitative estimate of drug-likeness (QED) is 0.770. The maximum absolute atomic E-state index is 11.9. The molecule has 0 aliphatic rings. The van der Waals surface area contributed by atoms with Gasteiger partial charge in [-0.15, -0.1) is 0 Å². The fraction of sp³-hybridized carbons (Fsp3) is 0.250. The molecule has 2 rings (SSSR count). The minimum absolute atomic E-state index is 0.0662. The average Bonchev–Trinajstić information content (AvgIpc) is 2.53. The number of methoxy groups -OCH3 is 1. The molecule has 0 aliphatic carbocycles. The molecule has 0 unspecified atom stereocenters. The molecule has 0 radical (unpaired) electrons. The van der Waals surface area contributed by atoms with Crippen molar-refractivity contribution in [1.82, 2.24) is 10.3 Å². The van der Waals surface area contributed by atoms with Gasteiger partial charge in [-0.25, -0.2) is 0 Å². The zero-order valence-electron chi connectivity index (χ0n) is 12.3. The van der Waals surface area contributed by atoms with E-state index in [1.807, 2.05) is 12.1 Å². The summed E-state index contributed by atoms with van der Waals surface area (Å²) in [6, 6.07) is 9.02. The molecular formula is C16H18ClN3O2. The van der Waals surface area contributed by atoms with Crippen molar-refractivity contribution < 1.29 is 9.53 Å². The van der Waals surface area contributed by atoms with Gasteiger partial charge in [-0.05, 0) is 35.9 Å². The lowest BCUT2D eigenvalue weighted by Crippen LogP contribution is -2.21. The minimum atomic E-state index is -0.0662. The van der Waals surface area contributed by atoms with Crippen LogP contribution in [-0.2, 0) is 11.3 Å². The van der Waals surface area contributed by atoms with E-state index in [1.54, 1.807) is 37.7 Å². The normalized spacial score (nSPS) is 10.3. The Hall–Kier alpha value is -2.11. The summed E-state index contributed by atoms with van der Waals surface area (Å²) in [5, 5.41) is 6.49. The summed E-state index contributed by atoms with van der Waals surface area (Å²) >= 11 is 6.01. The molecule has 0 bridgehead atoms. The first-order valence-corrected chi connectivity index (χ1v) is 7.30. The van der Waals surface area contributed by atoms with E-state index in [9.17, 15) is 4.79 Å². The number of benzene rings is 1. The summed E-state index contributed by atoms with van der Waals surface area (Å²) in [5.41, 5.74) is 1.79. The molecule has 0 saturated heterocycles. The first kappa shape index (κ1) is 16.3. The van der Waals surface area contributed by atoms with Crippen LogP contribution in [0, 0.1) is 0 Å². The number of hydrogen-bond donors (Lipinski definition) is 2. The van der Waals surface area contributed by atoms with Gasteiger partial charge in [0.05, 0.1) is 12.1 Å². The third-order valence-corrected chi connectivity index (χ3v) is 3.34. The molecule has 5 nitrogen and oxygen atoms in total. The lowest BCUT2D eigenvalue weighted by Gasteiger charge is -2.08. The Morgan fingerprint density at radius 2 is 2.05 bits per heavy atom. The maximum atomic E-state index is 11.9. The average molecular weight is 320 g/mol. The van der Waals surface area contributed by atoms with Crippen LogP contribution in [0.15, 0.2) is 42.7 Å². The summed E-state index contributed by atoms with van der Waals surface area (Å²) in [7, 11) is 1.55. The highest BCUT2D eigenvalue weighted by Crippen LogP contribution is 2.27. The van der Waals surface area contributed by atoms with Crippen molar-refractivity contribution in [2.45, 2.75) is 13.0 Å². The molecule has 22 heavy (non-hydrogen) atoms. The Labute approximate surface area is 134 Å². The van der Waals surface area contributed by atoms with Crippen molar-refractivity contribution in [2.24, 2.45) is 0 Å². The maximum Gasteiger partial charge on any atom is 0.225 e. The first-order chi connectivity index (χ1) is 10.7. The van der Waals surface area contributed by atoms with E-state index in [1.165, 1.54) is 0 Å². The largest absolute Gasteiger partial charge is 0.495 e. The zero-order chi connectivity index (χ0) is 15.8. The second kappa shape index (κ2) is 8.36. The molecule has 2 aromatic rings. The van der Waals surface area contributed by atoms with Crippen LogP contribution in [0.1, 0.15) is 12.0 Å². The van der Waals surface area contributed by atoms with Gasteiger partial charge >= 0.3 is 0 Å². The van der Waals surface area contributed by atoms with Crippen molar-refractivity contribution in [3.05, 3.63) is 53.3 Å². The number of halogens is 1. The van der Waals surface area contributed by atoms with Crippen LogP contribution in [-0.4, -0.2) is 24.5 Å². The van der Waals surface area contributed by atoms with E-state index in [0.29, 0.717) is 36.0 Å². The van der Waals surface area contributed by atoms with Crippen LogP contribution >= 0.6 is 11.6 Å². The van der Waals surface area contributed by atoms with E-state index in [0.717, 1.165) is 5.56 Å². The van der Waals surface area contributed by atoms with Gasteiger partial charge in [-0.3, -0.25) is 9.78 Å². The Balaban J connectivity index is 1.73. The summed E-state index contributed by atoms with van der Waals surface area (Å²) in [6.45, 7) is 1.31. The van der Waals surface area contributed by atoms with E-state index in [2.05, 4.69) is 15.6 Å². The van der Waals surface area contributed by atoms with E-state index in [4.69, 9.17) is 16.3 Å². The monoisotopic (exact) mass is 319 g/mol. The predicted molar refractivity (Wildman–Crippen MR) is 87.2 cm³/mol. The smallest absolute Gasteiger partial charge is 0.225 e. The summed E-state index contributed by atoms with van der Waals surface area (Å²) in [4.78, 5) is 15.8. The topological polar surface area (TPSA) is 63.2 Å². The first-order valence-electron chi connectivity index (χ1n) is 6.92. The van der Waals surface area contributed by atoms with Gasteiger partial charge in [0.1, 0.15) is 5.75 Å². The van der Waals surface area contributed by atoms with Crippen molar-refractivity contribution in [1.29, 1.82) is 0 Å². The van der Waals surface area contributed by atoms with E-state index >= 15 is 0 Å². The Kier molecular flexibility index (Phi) is 6.18. The lowest BCUT2D eigenvalue weighted by atomic mass is 10.2. The highest BCUT2D eigenvalue weighted by molar-refractivity contribution is 6.32. The van der Waals surface area contributed by atoms with Gasteiger partial charge in [-0.2, -0.15) is 0 Å².